The zero-order valence-corrected chi connectivity index (χ0v) is 19.2. The van der Waals surface area contributed by atoms with Crippen LogP contribution in [0.2, 0.25) is 0 Å². The molecule has 0 atom stereocenters. The molecule has 0 saturated heterocycles. The molecule has 7 nitrogen and oxygen atoms in total. The van der Waals surface area contributed by atoms with Crippen molar-refractivity contribution in [2.24, 2.45) is 5.41 Å². The normalized spacial score (nSPS) is 14.7. The summed E-state index contributed by atoms with van der Waals surface area (Å²) < 4.78 is 0. The van der Waals surface area contributed by atoms with Gasteiger partial charge in [0.2, 0.25) is 5.91 Å². The zero-order chi connectivity index (χ0) is 24.3. The number of carboxylic acids is 2. The number of carbonyl (C=O) groups excluding carboxylic acids is 1. The molecule has 2 aromatic carbocycles. The van der Waals surface area contributed by atoms with Gasteiger partial charge in [0.15, 0.2) is 0 Å². The molecule has 1 aliphatic rings. The van der Waals surface area contributed by atoms with Crippen molar-refractivity contribution in [2.75, 3.05) is 6.54 Å². The molecule has 0 unspecified atom stereocenters. The van der Waals surface area contributed by atoms with Gasteiger partial charge in [0.05, 0.1) is 22.2 Å². The number of benzene rings is 2. The van der Waals surface area contributed by atoms with Crippen LogP contribution in [0, 0.1) is 5.41 Å². The zero-order valence-electron chi connectivity index (χ0n) is 19.2. The van der Waals surface area contributed by atoms with E-state index in [1.165, 1.54) is 0 Å². The summed E-state index contributed by atoms with van der Waals surface area (Å²) in [5.41, 5.74) is 2.07. The van der Waals surface area contributed by atoms with Gasteiger partial charge in [-0.25, -0.2) is 9.78 Å². The van der Waals surface area contributed by atoms with E-state index in [0.717, 1.165) is 23.8 Å². The van der Waals surface area contributed by atoms with Crippen molar-refractivity contribution in [3.63, 3.8) is 0 Å². The SMILES string of the molecule is CCC(=O)N(Cc1ccc2nc(-c3ccccc3C(=O)O)ccc2c1)CC1(C(=O)O)CCCC1. The molecule has 1 amide bonds. The predicted octanol–water partition coefficient (Wildman–Crippen LogP) is 4.98. The Kier molecular flexibility index (Phi) is 6.63. The molecule has 0 spiro atoms. The molecule has 1 saturated carbocycles. The highest BCUT2D eigenvalue weighted by Crippen LogP contribution is 2.39. The highest BCUT2D eigenvalue weighted by Gasteiger charge is 2.43. The Balaban J connectivity index is 1.62. The number of aliphatic carboxylic acids is 1. The van der Waals surface area contributed by atoms with Crippen LogP contribution in [0.15, 0.2) is 54.6 Å². The summed E-state index contributed by atoms with van der Waals surface area (Å²) >= 11 is 0. The van der Waals surface area contributed by atoms with Crippen LogP contribution in [0.25, 0.3) is 22.2 Å². The van der Waals surface area contributed by atoms with Crippen molar-refractivity contribution in [1.82, 2.24) is 9.88 Å². The van der Waals surface area contributed by atoms with E-state index in [2.05, 4.69) is 4.98 Å². The summed E-state index contributed by atoms with van der Waals surface area (Å²) in [5, 5.41) is 20.2. The first-order chi connectivity index (χ1) is 16.3. The van der Waals surface area contributed by atoms with Crippen LogP contribution in [-0.2, 0) is 16.1 Å². The van der Waals surface area contributed by atoms with Crippen LogP contribution in [0.5, 0.6) is 0 Å². The van der Waals surface area contributed by atoms with Gasteiger partial charge in [-0.1, -0.05) is 50.1 Å². The first kappa shape index (κ1) is 23.4. The van der Waals surface area contributed by atoms with Crippen LogP contribution in [0.4, 0.5) is 0 Å². The predicted molar refractivity (Wildman–Crippen MR) is 128 cm³/mol. The summed E-state index contributed by atoms with van der Waals surface area (Å²) in [6.07, 6.45) is 3.25. The first-order valence-electron chi connectivity index (χ1n) is 11.6. The van der Waals surface area contributed by atoms with Crippen molar-refractivity contribution < 1.29 is 24.6 Å². The van der Waals surface area contributed by atoms with Crippen LogP contribution in [0.1, 0.15) is 54.9 Å². The second-order valence-electron chi connectivity index (χ2n) is 8.97. The van der Waals surface area contributed by atoms with E-state index >= 15 is 0 Å². The van der Waals surface area contributed by atoms with Crippen LogP contribution in [0.3, 0.4) is 0 Å². The summed E-state index contributed by atoms with van der Waals surface area (Å²) in [6.45, 7) is 2.34. The number of aromatic carboxylic acids is 1. The number of amides is 1. The molecular formula is C27H28N2O5. The van der Waals surface area contributed by atoms with Crippen molar-refractivity contribution in [3.05, 3.63) is 65.7 Å². The fraction of sp³-hybridized carbons (Fsp3) is 0.333. The highest BCUT2D eigenvalue weighted by molar-refractivity contribution is 5.96. The largest absolute Gasteiger partial charge is 0.481 e. The molecule has 0 radical (unpaired) electrons. The Morgan fingerprint density at radius 3 is 2.41 bits per heavy atom. The van der Waals surface area contributed by atoms with Crippen LogP contribution >= 0.6 is 0 Å². The van der Waals surface area contributed by atoms with Crippen molar-refractivity contribution in [1.29, 1.82) is 0 Å². The minimum Gasteiger partial charge on any atom is -0.481 e. The summed E-state index contributed by atoms with van der Waals surface area (Å²) in [7, 11) is 0. The average Bonchev–Trinajstić information content (AvgIpc) is 3.33. The molecule has 0 aliphatic heterocycles. The maximum absolute atomic E-state index is 12.7. The van der Waals surface area contributed by atoms with Gasteiger partial charge >= 0.3 is 11.9 Å². The van der Waals surface area contributed by atoms with Gasteiger partial charge in [-0.15, -0.1) is 0 Å². The fourth-order valence-corrected chi connectivity index (χ4v) is 4.85. The number of carbonyl (C=O) groups is 3. The molecule has 1 aromatic heterocycles. The lowest BCUT2D eigenvalue weighted by Crippen LogP contribution is -2.43. The maximum atomic E-state index is 12.7. The molecule has 2 N–H and O–H groups in total. The topological polar surface area (TPSA) is 108 Å². The Morgan fingerprint density at radius 2 is 1.74 bits per heavy atom. The number of pyridine rings is 1. The third-order valence-electron chi connectivity index (χ3n) is 6.72. The summed E-state index contributed by atoms with van der Waals surface area (Å²) in [4.78, 5) is 42.6. The third kappa shape index (κ3) is 4.64. The van der Waals surface area contributed by atoms with Gasteiger partial charge in [-0.2, -0.15) is 0 Å². The second-order valence-corrected chi connectivity index (χ2v) is 8.97. The summed E-state index contributed by atoms with van der Waals surface area (Å²) in [6, 6.07) is 16.1. The molecule has 7 heteroatoms. The van der Waals surface area contributed by atoms with E-state index in [1.54, 1.807) is 42.2 Å². The number of nitrogens with zero attached hydrogens (tertiary/aromatic N) is 2. The minimum absolute atomic E-state index is 0.0635. The Morgan fingerprint density at radius 1 is 1.00 bits per heavy atom. The molecule has 176 valence electrons. The van der Waals surface area contributed by atoms with Gasteiger partial charge in [0.25, 0.3) is 0 Å². The lowest BCUT2D eigenvalue weighted by molar-refractivity contribution is -0.151. The van der Waals surface area contributed by atoms with Crippen LogP contribution < -0.4 is 0 Å². The van der Waals surface area contributed by atoms with Gasteiger partial charge in [0, 0.05) is 30.5 Å². The highest BCUT2D eigenvalue weighted by atomic mass is 16.4. The van der Waals surface area contributed by atoms with Gasteiger partial charge < -0.3 is 15.1 Å². The maximum Gasteiger partial charge on any atom is 0.336 e. The number of fused-ring (bicyclic) bond motifs is 1. The van der Waals surface area contributed by atoms with Gasteiger partial charge in [-0.05, 0) is 42.7 Å². The number of aromatic nitrogens is 1. The smallest absolute Gasteiger partial charge is 0.336 e. The van der Waals surface area contributed by atoms with Crippen LogP contribution in [-0.4, -0.2) is 44.5 Å². The third-order valence-corrected chi connectivity index (χ3v) is 6.72. The van der Waals surface area contributed by atoms with Crippen molar-refractivity contribution >= 4 is 28.7 Å². The van der Waals surface area contributed by atoms with E-state index in [9.17, 15) is 24.6 Å². The Hall–Kier alpha value is -3.74. The fourth-order valence-electron chi connectivity index (χ4n) is 4.85. The monoisotopic (exact) mass is 460 g/mol. The van der Waals surface area contributed by atoms with E-state index < -0.39 is 17.4 Å². The molecular weight excluding hydrogens is 432 g/mol. The number of rotatable bonds is 8. The van der Waals surface area contributed by atoms with E-state index in [1.807, 2.05) is 24.3 Å². The first-order valence-corrected chi connectivity index (χ1v) is 11.6. The standard InChI is InChI=1S/C27H28N2O5/c1-2-24(30)29(17-27(26(33)34)13-5-6-14-27)16-18-9-11-22-19(15-18)10-12-23(28-22)20-7-3-4-8-21(20)25(31)32/h3-4,7-12,15H,2,5-6,13-14,16-17H2,1H3,(H,31,32)(H,33,34). The second kappa shape index (κ2) is 9.63. The molecule has 4 rings (SSSR count). The lowest BCUT2D eigenvalue weighted by atomic mass is 9.85. The van der Waals surface area contributed by atoms with Crippen molar-refractivity contribution in [3.8, 4) is 11.3 Å². The van der Waals surface area contributed by atoms with Gasteiger partial charge in [-0.3, -0.25) is 9.59 Å². The molecule has 0 bridgehead atoms. The minimum atomic E-state index is -1.00. The lowest BCUT2D eigenvalue weighted by Gasteiger charge is -2.32. The molecule has 34 heavy (non-hydrogen) atoms. The molecule has 1 heterocycles. The molecule has 3 aromatic rings. The quantitative estimate of drug-likeness (QED) is 0.491. The Labute approximate surface area is 198 Å². The van der Waals surface area contributed by atoms with E-state index in [0.29, 0.717) is 42.6 Å². The molecule has 1 aliphatic carbocycles. The number of hydrogen-bond acceptors (Lipinski definition) is 4. The number of hydrogen-bond donors (Lipinski definition) is 2. The summed E-state index contributed by atoms with van der Waals surface area (Å²) in [5.74, 6) is -1.89. The van der Waals surface area contributed by atoms with E-state index in [4.69, 9.17) is 0 Å². The number of carboxylic acid groups (broad SMARTS) is 2. The average molecular weight is 461 g/mol. The van der Waals surface area contributed by atoms with E-state index in [-0.39, 0.29) is 18.0 Å². The Bertz CT molecular complexity index is 1250. The van der Waals surface area contributed by atoms with Crippen molar-refractivity contribution in [2.45, 2.75) is 45.6 Å². The molecule has 1 fully saturated rings. The van der Waals surface area contributed by atoms with Gasteiger partial charge in [0.1, 0.15) is 0 Å².